The molecule has 2 aromatic rings. The van der Waals surface area contributed by atoms with Gasteiger partial charge in [0.15, 0.2) is 0 Å². The van der Waals surface area contributed by atoms with Crippen LogP contribution in [0.25, 0.3) is 11.1 Å². The van der Waals surface area contributed by atoms with Gasteiger partial charge in [0.05, 0.1) is 6.07 Å². The van der Waals surface area contributed by atoms with Gasteiger partial charge in [0.1, 0.15) is 0 Å². The van der Waals surface area contributed by atoms with Crippen molar-refractivity contribution in [2.24, 2.45) is 0 Å². The number of aryl methyl sites for hydroxylation is 1. The summed E-state index contributed by atoms with van der Waals surface area (Å²) in [6, 6.07) is 17.1. The van der Waals surface area contributed by atoms with E-state index in [4.69, 9.17) is 5.26 Å². The van der Waals surface area contributed by atoms with E-state index >= 15 is 0 Å². The molecule has 2 aromatic carbocycles. The van der Waals surface area contributed by atoms with Crippen LogP contribution in [0.1, 0.15) is 31.9 Å². The Morgan fingerprint density at radius 1 is 1.00 bits per heavy atom. The Hall–Kier alpha value is -2.31. The first-order valence-electron chi connectivity index (χ1n) is 9.10. The van der Waals surface area contributed by atoms with Gasteiger partial charge in [-0.15, -0.1) is 0 Å². The summed E-state index contributed by atoms with van der Waals surface area (Å²) in [5.74, 6) is 0. The summed E-state index contributed by atoms with van der Waals surface area (Å²) in [7, 11) is 0. The minimum Gasteiger partial charge on any atom is -0.369 e. The quantitative estimate of drug-likeness (QED) is 0.844. The lowest BCUT2D eigenvalue weighted by molar-refractivity contribution is 0.589. The van der Waals surface area contributed by atoms with Crippen molar-refractivity contribution in [1.82, 2.24) is 5.32 Å². The molecule has 1 saturated heterocycles. The molecule has 0 radical (unpaired) electrons. The second kappa shape index (κ2) is 11.3. The smallest absolute Gasteiger partial charge is 0.0587 e. The SMILES string of the molecule is CC.CC#N.Cc1cc(N2CCNCC2)cc(-c2ccccc2)c1C. The Morgan fingerprint density at radius 2 is 1.56 bits per heavy atom. The summed E-state index contributed by atoms with van der Waals surface area (Å²) in [5, 5.41) is 10.7. The highest BCUT2D eigenvalue weighted by molar-refractivity contribution is 5.73. The number of rotatable bonds is 2. The van der Waals surface area contributed by atoms with Crippen molar-refractivity contribution in [2.75, 3.05) is 31.1 Å². The Labute approximate surface area is 153 Å². The highest BCUT2D eigenvalue weighted by atomic mass is 15.2. The fourth-order valence-electron chi connectivity index (χ4n) is 2.86. The Bertz CT molecular complexity index is 666. The molecule has 3 rings (SSSR count). The van der Waals surface area contributed by atoms with Gasteiger partial charge >= 0.3 is 0 Å². The molecular formula is C22H31N3. The third kappa shape index (κ3) is 5.92. The van der Waals surface area contributed by atoms with Crippen LogP contribution in [0.2, 0.25) is 0 Å². The number of benzene rings is 2. The summed E-state index contributed by atoms with van der Waals surface area (Å²) >= 11 is 0. The number of nitrogens with zero attached hydrogens (tertiary/aromatic N) is 2. The lowest BCUT2D eigenvalue weighted by atomic mass is 9.96. The molecule has 0 unspecified atom stereocenters. The van der Waals surface area contributed by atoms with Crippen molar-refractivity contribution >= 4 is 5.69 Å². The van der Waals surface area contributed by atoms with E-state index in [0.29, 0.717) is 0 Å². The zero-order chi connectivity index (χ0) is 18.7. The second-order valence-electron chi connectivity index (χ2n) is 5.76. The first-order chi connectivity index (χ1) is 12.2. The van der Waals surface area contributed by atoms with Crippen LogP contribution in [-0.4, -0.2) is 26.2 Å². The Kier molecular flexibility index (Phi) is 9.36. The lowest BCUT2D eigenvalue weighted by Gasteiger charge is -2.30. The molecule has 0 aromatic heterocycles. The number of hydrogen-bond donors (Lipinski definition) is 1. The fourth-order valence-corrected chi connectivity index (χ4v) is 2.86. The van der Waals surface area contributed by atoms with E-state index in [9.17, 15) is 0 Å². The average Bonchev–Trinajstić information content (AvgIpc) is 2.67. The molecule has 0 amide bonds. The number of hydrogen-bond acceptors (Lipinski definition) is 3. The summed E-state index contributed by atoms with van der Waals surface area (Å²) in [5.41, 5.74) is 6.78. The van der Waals surface area contributed by atoms with Crippen molar-refractivity contribution in [3.63, 3.8) is 0 Å². The van der Waals surface area contributed by atoms with Crippen LogP contribution in [0.5, 0.6) is 0 Å². The van der Waals surface area contributed by atoms with Gasteiger partial charge in [-0.2, -0.15) is 5.26 Å². The minimum absolute atomic E-state index is 1.08. The van der Waals surface area contributed by atoms with Gasteiger partial charge < -0.3 is 10.2 Å². The summed E-state index contributed by atoms with van der Waals surface area (Å²) in [6.45, 7) is 14.2. The molecule has 3 nitrogen and oxygen atoms in total. The van der Waals surface area contributed by atoms with Gasteiger partial charge in [-0.25, -0.2) is 0 Å². The van der Waals surface area contributed by atoms with Crippen molar-refractivity contribution in [3.05, 3.63) is 53.6 Å². The number of piperazine rings is 1. The molecule has 1 aliphatic rings. The second-order valence-corrected chi connectivity index (χ2v) is 5.76. The standard InChI is InChI=1S/C18H22N2.C2H3N.C2H6/c1-14-12-17(20-10-8-19-9-11-20)13-18(15(14)2)16-6-4-3-5-7-16;1-2-3;1-2/h3-7,12-13,19H,8-11H2,1-2H3;1H3;1-2H3. The molecule has 0 atom stereocenters. The molecule has 25 heavy (non-hydrogen) atoms. The van der Waals surface area contributed by atoms with E-state index in [1.165, 1.54) is 34.9 Å². The lowest BCUT2D eigenvalue weighted by Crippen LogP contribution is -2.43. The van der Waals surface area contributed by atoms with Gasteiger partial charge in [0.25, 0.3) is 0 Å². The topological polar surface area (TPSA) is 39.1 Å². The van der Waals surface area contributed by atoms with Crippen molar-refractivity contribution in [3.8, 4) is 17.2 Å². The third-order valence-electron chi connectivity index (χ3n) is 4.22. The fraction of sp³-hybridized carbons (Fsp3) is 0.409. The van der Waals surface area contributed by atoms with Crippen LogP contribution >= 0.6 is 0 Å². The molecule has 1 fully saturated rings. The molecule has 0 aliphatic carbocycles. The highest BCUT2D eigenvalue weighted by Crippen LogP contribution is 2.30. The van der Waals surface area contributed by atoms with Crippen molar-refractivity contribution in [2.45, 2.75) is 34.6 Å². The average molecular weight is 338 g/mol. The van der Waals surface area contributed by atoms with Gasteiger partial charge in [-0.1, -0.05) is 44.2 Å². The summed E-state index contributed by atoms with van der Waals surface area (Å²) in [6.07, 6.45) is 0. The predicted molar refractivity (Wildman–Crippen MR) is 109 cm³/mol. The van der Waals surface area contributed by atoms with Crippen LogP contribution in [-0.2, 0) is 0 Å². The normalized spacial score (nSPS) is 12.9. The monoisotopic (exact) mass is 337 g/mol. The van der Waals surface area contributed by atoms with E-state index in [1.54, 1.807) is 6.07 Å². The van der Waals surface area contributed by atoms with E-state index in [0.717, 1.165) is 26.2 Å². The number of anilines is 1. The molecule has 0 bridgehead atoms. The molecular weight excluding hydrogens is 306 g/mol. The minimum atomic E-state index is 1.08. The van der Waals surface area contributed by atoms with E-state index in [2.05, 4.69) is 66.5 Å². The van der Waals surface area contributed by atoms with Gasteiger partial charge in [-0.05, 0) is 48.2 Å². The Balaban J connectivity index is 0.000000567. The first kappa shape index (κ1) is 20.7. The zero-order valence-electron chi connectivity index (χ0n) is 16.3. The van der Waals surface area contributed by atoms with Crippen LogP contribution in [0, 0.1) is 25.2 Å². The maximum Gasteiger partial charge on any atom is 0.0587 e. The van der Waals surface area contributed by atoms with Crippen molar-refractivity contribution < 1.29 is 0 Å². The predicted octanol–water partition coefficient (Wildman–Crippen LogP) is 4.94. The maximum absolute atomic E-state index is 7.32. The summed E-state index contributed by atoms with van der Waals surface area (Å²) in [4.78, 5) is 2.48. The van der Waals surface area contributed by atoms with Gasteiger partial charge in [-0.3, -0.25) is 0 Å². The zero-order valence-corrected chi connectivity index (χ0v) is 16.3. The van der Waals surface area contributed by atoms with Crippen LogP contribution in [0.4, 0.5) is 5.69 Å². The first-order valence-corrected chi connectivity index (χ1v) is 9.10. The van der Waals surface area contributed by atoms with E-state index < -0.39 is 0 Å². The molecule has 134 valence electrons. The molecule has 1 heterocycles. The number of nitriles is 1. The van der Waals surface area contributed by atoms with Crippen LogP contribution in [0.3, 0.4) is 0 Å². The van der Waals surface area contributed by atoms with Gasteiger partial charge in [0, 0.05) is 38.8 Å². The van der Waals surface area contributed by atoms with E-state index in [-0.39, 0.29) is 0 Å². The molecule has 0 saturated carbocycles. The van der Waals surface area contributed by atoms with E-state index in [1.807, 2.05) is 13.8 Å². The van der Waals surface area contributed by atoms with Gasteiger partial charge in [0.2, 0.25) is 0 Å². The van der Waals surface area contributed by atoms with Crippen LogP contribution in [0.15, 0.2) is 42.5 Å². The molecule has 0 spiro atoms. The summed E-state index contributed by atoms with van der Waals surface area (Å²) < 4.78 is 0. The maximum atomic E-state index is 7.32. The molecule has 1 aliphatic heterocycles. The van der Waals surface area contributed by atoms with Crippen LogP contribution < -0.4 is 10.2 Å². The highest BCUT2D eigenvalue weighted by Gasteiger charge is 2.13. The molecule has 3 heteroatoms. The largest absolute Gasteiger partial charge is 0.369 e. The third-order valence-corrected chi connectivity index (χ3v) is 4.22. The molecule has 1 N–H and O–H groups in total. The Morgan fingerprint density at radius 3 is 2.12 bits per heavy atom. The van der Waals surface area contributed by atoms with Crippen molar-refractivity contribution in [1.29, 1.82) is 5.26 Å². The number of nitrogens with one attached hydrogen (secondary N) is 1.